The number of aliphatic hydroxyl groups is 1. The Morgan fingerprint density at radius 3 is 1.78 bits per heavy atom. The molecular weight excluding hydrogens is 466 g/mol. The molecule has 9 nitrogen and oxygen atoms in total. The van der Waals surface area contributed by atoms with Crippen molar-refractivity contribution in [1.82, 2.24) is 0 Å². The number of benzene rings is 3. The Labute approximate surface area is 207 Å². The zero-order chi connectivity index (χ0) is 25.5. The van der Waals surface area contributed by atoms with Crippen LogP contribution in [0.2, 0.25) is 0 Å². The molecule has 9 heteroatoms. The Morgan fingerprint density at radius 1 is 0.750 bits per heavy atom. The molecule has 0 aromatic heterocycles. The van der Waals surface area contributed by atoms with Crippen LogP contribution in [-0.4, -0.2) is 53.7 Å². The van der Waals surface area contributed by atoms with Gasteiger partial charge in [0.15, 0.2) is 12.2 Å². The van der Waals surface area contributed by atoms with Crippen molar-refractivity contribution in [3.63, 3.8) is 0 Å². The third kappa shape index (κ3) is 5.95. The molecule has 0 aliphatic carbocycles. The van der Waals surface area contributed by atoms with Gasteiger partial charge in [0.1, 0.15) is 12.2 Å². The van der Waals surface area contributed by atoms with Crippen LogP contribution in [0.3, 0.4) is 0 Å². The lowest BCUT2D eigenvalue weighted by Gasteiger charge is -2.42. The lowest BCUT2D eigenvalue weighted by molar-refractivity contribution is -0.282. The summed E-state index contributed by atoms with van der Waals surface area (Å²) in [6, 6.07) is 25.3. The first-order valence-corrected chi connectivity index (χ1v) is 11.2. The fourth-order valence-electron chi connectivity index (χ4n) is 3.75. The molecule has 5 atom stereocenters. The van der Waals surface area contributed by atoms with Gasteiger partial charge in [-0.25, -0.2) is 9.59 Å². The molecule has 0 spiro atoms. The molecule has 36 heavy (non-hydrogen) atoms. The highest BCUT2D eigenvalue weighted by atomic mass is 16.7. The normalized spacial score (nSPS) is 23.4. The second kappa shape index (κ2) is 11.6. The van der Waals surface area contributed by atoms with E-state index in [1.807, 2.05) is 18.2 Å². The summed E-state index contributed by atoms with van der Waals surface area (Å²) in [6.45, 7) is 0.00673. The Bertz CT molecular complexity index is 1170. The molecule has 1 aliphatic heterocycles. The molecule has 3 N–H and O–H groups in total. The van der Waals surface area contributed by atoms with E-state index in [1.54, 1.807) is 60.7 Å². The maximum atomic E-state index is 12.9. The van der Waals surface area contributed by atoms with Gasteiger partial charge in [-0.1, -0.05) is 66.7 Å². The minimum absolute atomic E-state index is 0.00673. The summed E-state index contributed by atoms with van der Waals surface area (Å²) in [5, 5.41) is 10.9. The van der Waals surface area contributed by atoms with Crippen LogP contribution in [0.4, 0.5) is 0 Å². The summed E-state index contributed by atoms with van der Waals surface area (Å²) in [5.41, 5.74) is 6.63. The van der Waals surface area contributed by atoms with E-state index in [2.05, 4.69) is 0 Å². The number of carbonyl (C=O) groups excluding carboxylic acids is 3. The van der Waals surface area contributed by atoms with Crippen molar-refractivity contribution in [3.8, 4) is 0 Å². The topological polar surface area (TPSA) is 134 Å². The Balaban J connectivity index is 1.64. The summed E-state index contributed by atoms with van der Waals surface area (Å²) in [5.74, 6) is -2.55. The number of ether oxygens (including phenoxy) is 4. The van der Waals surface area contributed by atoms with Crippen molar-refractivity contribution < 1.29 is 38.4 Å². The van der Waals surface area contributed by atoms with Crippen molar-refractivity contribution in [2.75, 3.05) is 0 Å². The van der Waals surface area contributed by atoms with Gasteiger partial charge in [-0.05, 0) is 29.8 Å². The first kappa shape index (κ1) is 25.1. The molecule has 0 bridgehead atoms. The maximum absolute atomic E-state index is 12.9. The number of hydrogen-bond acceptors (Lipinski definition) is 8. The van der Waals surface area contributed by atoms with E-state index >= 15 is 0 Å². The first-order valence-electron chi connectivity index (χ1n) is 11.2. The van der Waals surface area contributed by atoms with Crippen LogP contribution in [0.1, 0.15) is 26.3 Å². The SMILES string of the molecule is NC(=O)[C@@H]1O[C@H](OC(=O)c2ccccc2)[C@H](OC(=O)c2ccccc2)[C@@H](OCc2ccccc2)[C@@H]1O. The summed E-state index contributed by atoms with van der Waals surface area (Å²) in [7, 11) is 0. The minimum atomic E-state index is -1.61. The summed E-state index contributed by atoms with van der Waals surface area (Å²) >= 11 is 0. The number of aliphatic hydroxyl groups excluding tert-OH is 1. The zero-order valence-corrected chi connectivity index (χ0v) is 19.1. The molecule has 0 unspecified atom stereocenters. The highest BCUT2D eigenvalue weighted by Gasteiger charge is 2.52. The van der Waals surface area contributed by atoms with Crippen LogP contribution >= 0.6 is 0 Å². The lowest BCUT2D eigenvalue weighted by Crippen LogP contribution is -2.63. The number of hydrogen-bond donors (Lipinski definition) is 2. The van der Waals surface area contributed by atoms with E-state index in [0.29, 0.717) is 0 Å². The van der Waals surface area contributed by atoms with Gasteiger partial charge >= 0.3 is 11.9 Å². The highest BCUT2D eigenvalue weighted by molar-refractivity contribution is 5.90. The molecule has 1 aliphatic rings. The zero-order valence-electron chi connectivity index (χ0n) is 19.1. The largest absolute Gasteiger partial charge is 0.449 e. The van der Waals surface area contributed by atoms with E-state index < -0.39 is 48.6 Å². The van der Waals surface area contributed by atoms with E-state index in [-0.39, 0.29) is 17.7 Å². The Morgan fingerprint density at radius 2 is 1.25 bits per heavy atom. The van der Waals surface area contributed by atoms with E-state index in [1.165, 1.54) is 12.1 Å². The van der Waals surface area contributed by atoms with Crippen molar-refractivity contribution in [3.05, 3.63) is 108 Å². The quantitative estimate of drug-likeness (QED) is 0.458. The van der Waals surface area contributed by atoms with Crippen LogP contribution in [-0.2, 0) is 30.3 Å². The monoisotopic (exact) mass is 491 g/mol. The third-order valence-electron chi connectivity index (χ3n) is 5.57. The molecule has 1 heterocycles. The molecule has 0 radical (unpaired) electrons. The van der Waals surface area contributed by atoms with Crippen LogP contribution in [0, 0.1) is 0 Å². The second-order valence-electron chi connectivity index (χ2n) is 8.09. The van der Waals surface area contributed by atoms with Gasteiger partial charge in [-0.2, -0.15) is 0 Å². The number of amides is 1. The molecule has 1 fully saturated rings. The van der Waals surface area contributed by atoms with Gasteiger partial charge in [0.2, 0.25) is 12.2 Å². The molecule has 3 aromatic rings. The predicted octanol–water partition coefficient (Wildman–Crippen LogP) is 2.23. The van der Waals surface area contributed by atoms with Gasteiger partial charge in [0, 0.05) is 0 Å². The van der Waals surface area contributed by atoms with Crippen molar-refractivity contribution in [2.45, 2.75) is 37.3 Å². The van der Waals surface area contributed by atoms with Crippen LogP contribution in [0.25, 0.3) is 0 Å². The van der Waals surface area contributed by atoms with E-state index in [4.69, 9.17) is 24.7 Å². The van der Waals surface area contributed by atoms with Gasteiger partial charge in [0.25, 0.3) is 0 Å². The number of rotatable bonds is 8. The molecule has 3 aromatic carbocycles. The predicted molar refractivity (Wildman–Crippen MR) is 126 cm³/mol. The average Bonchev–Trinajstić information content (AvgIpc) is 2.91. The minimum Gasteiger partial charge on any atom is -0.449 e. The smallest absolute Gasteiger partial charge is 0.340 e. The second-order valence-corrected chi connectivity index (χ2v) is 8.09. The fraction of sp³-hybridized carbons (Fsp3) is 0.222. The van der Waals surface area contributed by atoms with Crippen LogP contribution < -0.4 is 5.73 Å². The molecular formula is C27H25NO8. The van der Waals surface area contributed by atoms with Gasteiger partial charge in [-0.15, -0.1) is 0 Å². The summed E-state index contributed by atoms with van der Waals surface area (Å²) in [4.78, 5) is 37.8. The van der Waals surface area contributed by atoms with Gasteiger partial charge in [0.05, 0.1) is 17.7 Å². The van der Waals surface area contributed by atoms with Crippen molar-refractivity contribution >= 4 is 17.8 Å². The van der Waals surface area contributed by atoms with Gasteiger partial charge < -0.3 is 29.8 Å². The van der Waals surface area contributed by atoms with Crippen LogP contribution in [0.5, 0.6) is 0 Å². The Kier molecular flexibility index (Phi) is 8.06. The van der Waals surface area contributed by atoms with Crippen LogP contribution in [0.15, 0.2) is 91.0 Å². The maximum Gasteiger partial charge on any atom is 0.340 e. The lowest BCUT2D eigenvalue weighted by atomic mass is 9.97. The highest BCUT2D eigenvalue weighted by Crippen LogP contribution is 2.29. The van der Waals surface area contributed by atoms with Crippen molar-refractivity contribution in [1.29, 1.82) is 0 Å². The molecule has 0 saturated carbocycles. The fourth-order valence-corrected chi connectivity index (χ4v) is 3.75. The molecule has 1 saturated heterocycles. The number of primary amides is 1. The third-order valence-corrected chi connectivity index (χ3v) is 5.57. The number of esters is 2. The van der Waals surface area contributed by atoms with E-state index in [0.717, 1.165) is 5.56 Å². The first-order chi connectivity index (χ1) is 17.4. The summed E-state index contributed by atoms with van der Waals surface area (Å²) in [6.07, 6.45) is -7.50. The van der Waals surface area contributed by atoms with Crippen molar-refractivity contribution in [2.24, 2.45) is 5.73 Å². The van der Waals surface area contributed by atoms with E-state index in [9.17, 15) is 19.5 Å². The molecule has 1 amide bonds. The number of carbonyl (C=O) groups is 3. The average molecular weight is 491 g/mol. The molecule has 186 valence electrons. The summed E-state index contributed by atoms with van der Waals surface area (Å²) < 4.78 is 22.6. The Hall–Kier alpha value is -4.05. The molecule has 4 rings (SSSR count). The number of nitrogens with two attached hydrogens (primary N) is 1. The van der Waals surface area contributed by atoms with Gasteiger partial charge in [-0.3, -0.25) is 4.79 Å². The standard InChI is InChI=1S/C27H25NO8/c28-24(30)22-20(29)21(33-16-17-10-4-1-5-11-17)23(34-25(31)18-12-6-2-7-13-18)27(35-22)36-26(32)19-14-8-3-9-15-19/h1-15,20-23,27,29H,16H2,(H2,28,30)/t20-,21-,22+,23+,27+/m0/s1.